The summed E-state index contributed by atoms with van der Waals surface area (Å²) in [7, 11) is 1.57. The van der Waals surface area contributed by atoms with E-state index in [4.69, 9.17) is 11.6 Å². The number of pyridine rings is 1. The molecule has 91 valence electrons. The Kier molecular flexibility index (Phi) is 5.96. The molecule has 0 saturated heterocycles. The average Bonchev–Trinajstić information content (AvgIpc) is 2.29. The SMILES string of the molecule is Cn1c(-c2c(F)cccc2Cl)[c-]cc(I)c1=O.[Y]. The van der Waals surface area contributed by atoms with E-state index < -0.39 is 5.82 Å². The quantitative estimate of drug-likeness (QED) is 0.482. The fraction of sp³-hybridized carbons (Fsp3) is 0.0833. The summed E-state index contributed by atoms with van der Waals surface area (Å²) in [4.78, 5) is 11.8. The van der Waals surface area contributed by atoms with Crippen molar-refractivity contribution in [2.24, 2.45) is 7.05 Å². The third kappa shape index (κ3) is 3.03. The van der Waals surface area contributed by atoms with Crippen molar-refractivity contribution in [1.29, 1.82) is 0 Å². The van der Waals surface area contributed by atoms with E-state index in [-0.39, 0.29) is 48.9 Å². The smallest absolute Gasteiger partial charge is 0.207 e. The first-order valence-corrected chi connectivity index (χ1v) is 6.19. The molecular weight excluding hydrogens is 444 g/mol. The molecule has 0 N–H and O–H groups in total. The Labute approximate surface area is 148 Å². The van der Waals surface area contributed by atoms with Gasteiger partial charge in [-0.05, 0) is 20.2 Å². The van der Waals surface area contributed by atoms with Gasteiger partial charge in [0.2, 0.25) is 5.56 Å². The van der Waals surface area contributed by atoms with Crippen molar-refractivity contribution in [3.8, 4) is 11.3 Å². The summed E-state index contributed by atoms with van der Waals surface area (Å²) >= 11 is 7.86. The van der Waals surface area contributed by atoms with Gasteiger partial charge in [0.05, 0.1) is 5.82 Å². The molecule has 0 bridgehead atoms. The fourth-order valence-electron chi connectivity index (χ4n) is 1.52. The first kappa shape index (κ1) is 16.3. The molecule has 1 heterocycles. The monoisotopic (exact) mass is 451 g/mol. The second-order valence-corrected chi connectivity index (χ2v) is 5.02. The van der Waals surface area contributed by atoms with E-state index in [1.165, 1.54) is 22.8 Å². The average molecular weight is 451 g/mol. The van der Waals surface area contributed by atoms with Gasteiger partial charge in [0.15, 0.2) is 0 Å². The summed E-state index contributed by atoms with van der Waals surface area (Å²) in [5, 5.41) is 0.262. The van der Waals surface area contributed by atoms with E-state index in [9.17, 15) is 9.18 Å². The molecule has 1 radical (unpaired) electrons. The van der Waals surface area contributed by atoms with Crippen molar-refractivity contribution in [3.05, 3.63) is 55.1 Å². The van der Waals surface area contributed by atoms with E-state index in [0.29, 0.717) is 9.26 Å². The van der Waals surface area contributed by atoms with Crippen molar-refractivity contribution in [1.82, 2.24) is 4.57 Å². The summed E-state index contributed by atoms with van der Waals surface area (Å²) in [6.45, 7) is 0. The predicted octanol–water partition coefficient (Wildman–Crippen LogP) is 3.25. The Bertz CT molecular complexity index is 624. The minimum Gasteiger partial charge on any atom is -0.344 e. The maximum atomic E-state index is 13.7. The van der Waals surface area contributed by atoms with Gasteiger partial charge >= 0.3 is 0 Å². The molecule has 0 aliphatic rings. The van der Waals surface area contributed by atoms with Crippen LogP contribution in [0, 0.1) is 15.5 Å². The molecule has 2 nitrogen and oxygen atoms in total. The summed E-state index contributed by atoms with van der Waals surface area (Å²) < 4.78 is 15.6. The Morgan fingerprint density at radius 2 is 2.11 bits per heavy atom. The van der Waals surface area contributed by atoms with Crippen LogP contribution in [-0.2, 0) is 39.8 Å². The van der Waals surface area contributed by atoms with Crippen LogP contribution in [0.15, 0.2) is 29.1 Å². The summed E-state index contributed by atoms with van der Waals surface area (Å²) in [5.74, 6) is -0.468. The van der Waals surface area contributed by atoms with Crippen LogP contribution in [-0.4, -0.2) is 4.57 Å². The number of halogens is 3. The largest absolute Gasteiger partial charge is 0.344 e. The standard InChI is InChI=1S/C12H7ClFINO.Y/c1-16-10(6-5-9(15)12(16)17)11-7(13)3-2-4-8(11)14;/h2-5H,1H3;/q-1;. The minimum absolute atomic E-state index is 0. The van der Waals surface area contributed by atoms with E-state index in [1.54, 1.807) is 13.1 Å². The number of hydrogen-bond donors (Lipinski definition) is 0. The van der Waals surface area contributed by atoms with Crippen LogP contribution in [0.3, 0.4) is 0 Å². The fourth-order valence-corrected chi connectivity index (χ4v) is 2.29. The normalized spacial score (nSPS) is 10.0. The van der Waals surface area contributed by atoms with Crippen LogP contribution in [0.25, 0.3) is 11.3 Å². The number of aromatic nitrogens is 1. The Hall–Kier alpha value is 0.224. The molecule has 0 unspecified atom stereocenters. The summed E-state index contributed by atoms with van der Waals surface area (Å²) in [6.07, 6.45) is 0. The molecule has 1 aromatic heterocycles. The first-order chi connectivity index (χ1) is 8.02. The van der Waals surface area contributed by atoms with Crippen LogP contribution in [0.4, 0.5) is 4.39 Å². The van der Waals surface area contributed by atoms with Gasteiger partial charge in [-0.2, -0.15) is 12.1 Å². The topological polar surface area (TPSA) is 22.0 Å². The summed E-state index contributed by atoms with van der Waals surface area (Å²) in [5.41, 5.74) is 0.349. The number of nitrogens with zero attached hydrogens (tertiary/aromatic N) is 1. The maximum Gasteiger partial charge on any atom is 0.207 e. The second-order valence-electron chi connectivity index (χ2n) is 3.45. The zero-order valence-corrected chi connectivity index (χ0v) is 15.1. The van der Waals surface area contributed by atoms with Gasteiger partial charge in [-0.15, -0.1) is 22.6 Å². The van der Waals surface area contributed by atoms with Crippen LogP contribution >= 0.6 is 34.2 Å². The molecule has 18 heavy (non-hydrogen) atoms. The van der Waals surface area contributed by atoms with Crippen LogP contribution in [0.2, 0.25) is 5.02 Å². The predicted molar refractivity (Wildman–Crippen MR) is 73.6 cm³/mol. The Balaban J connectivity index is 0.00000162. The zero-order valence-electron chi connectivity index (χ0n) is 9.38. The number of rotatable bonds is 1. The molecule has 0 amide bonds. The van der Waals surface area contributed by atoms with Gasteiger partial charge in [-0.1, -0.05) is 29.4 Å². The molecule has 0 fully saturated rings. The molecule has 2 rings (SSSR count). The van der Waals surface area contributed by atoms with Crippen molar-refractivity contribution < 1.29 is 37.1 Å². The van der Waals surface area contributed by atoms with Crippen molar-refractivity contribution in [2.45, 2.75) is 0 Å². The molecule has 0 aliphatic heterocycles. The molecular formula is C12H7ClFINOY-. The Morgan fingerprint density at radius 1 is 1.44 bits per heavy atom. The Morgan fingerprint density at radius 3 is 2.72 bits per heavy atom. The molecule has 0 spiro atoms. The molecule has 6 heteroatoms. The molecule has 2 aromatic rings. The van der Waals surface area contributed by atoms with E-state index in [1.807, 2.05) is 22.6 Å². The third-order valence-electron chi connectivity index (χ3n) is 2.38. The van der Waals surface area contributed by atoms with Gasteiger partial charge < -0.3 is 4.57 Å². The van der Waals surface area contributed by atoms with Crippen molar-refractivity contribution >= 4 is 34.2 Å². The minimum atomic E-state index is -0.468. The third-order valence-corrected chi connectivity index (χ3v) is 3.47. The molecule has 0 saturated carbocycles. The van der Waals surface area contributed by atoms with Gasteiger partial charge in [0.1, 0.15) is 0 Å². The number of benzene rings is 1. The van der Waals surface area contributed by atoms with Crippen LogP contribution < -0.4 is 5.56 Å². The van der Waals surface area contributed by atoms with E-state index in [2.05, 4.69) is 6.07 Å². The van der Waals surface area contributed by atoms with Crippen LogP contribution in [0.1, 0.15) is 0 Å². The van der Waals surface area contributed by atoms with Gasteiger partial charge in [0.25, 0.3) is 0 Å². The number of hydrogen-bond acceptors (Lipinski definition) is 1. The van der Waals surface area contributed by atoms with Crippen molar-refractivity contribution in [2.75, 3.05) is 0 Å². The van der Waals surface area contributed by atoms with Crippen LogP contribution in [0.5, 0.6) is 0 Å². The molecule has 0 aliphatic carbocycles. The van der Waals surface area contributed by atoms with E-state index in [0.717, 1.165) is 0 Å². The summed E-state index contributed by atoms with van der Waals surface area (Å²) in [6, 6.07) is 8.81. The van der Waals surface area contributed by atoms with Crippen molar-refractivity contribution in [3.63, 3.8) is 0 Å². The van der Waals surface area contributed by atoms with Gasteiger partial charge in [0, 0.05) is 39.8 Å². The maximum absolute atomic E-state index is 13.7. The molecule has 0 atom stereocenters. The molecule has 1 aromatic carbocycles. The van der Waals surface area contributed by atoms with Gasteiger partial charge in [-0.25, -0.2) is 4.39 Å². The van der Waals surface area contributed by atoms with E-state index >= 15 is 0 Å². The van der Waals surface area contributed by atoms with Gasteiger partial charge in [-0.3, -0.25) is 4.79 Å². The first-order valence-electron chi connectivity index (χ1n) is 4.74. The zero-order chi connectivity index (χ0) is 12.6. The second kappa shape index (κ2) is 6.59.